The summed E-state index contributed by atoms with van der Waals surface area (Å²) in [6.45, 7) is 1.81. The molecule has 0 aliphatic rings. The summed E-state index contributed by atoms with van der Waals surface area (Å²) in [5.41, 5.74) is 1.36. The van der Waals surface area contributed by atoms with Gasteiger partial charge in [0.2, 0.25) is 0 Å². The lowest BCUT2D eigenvalue weighted by atomic mass is 10.2. The van der Waals surface area contributed by atoms with Gasteiger partial charge in [-0.15, -0.1) is 0 Å². The van der Waals surface area contributed by atoms with Gasteiger partial charge in [0, 0.05) is 35.1 Å². The number of nitrogens with one attached hydrogen (secondary N) is 2. The number of benzene rings is 2. The molecule has 2 rings (SSSR count). The molecule has 0 fully saturated rings. The van der Waals surface area contributed by atoms with E-state index in [2.05, 4.69) is 10.6 Å². The molecule has 2 aromatic rings. The molecule has 0 radical (unpaired) electrons. The standard InChI is InChI=1S/C18H15ClN4O4/c1-11-7-16(17(27-2)8-15(11)19)21-10-12(9-20)18(24)22-13-3-5-14(6-4-13)23(25)26/h3-8,10,21H,1-2H3,(H,22,24)/b12-10-. The van der Waals surface area contributed by atoms with Crippen molar-refractivity contribution in [2.45, 2.75) is 6.92 Å². The Kier molecular flexibility index (Phi) is 6.36. The van der Waals surface area contributed by atoms with Gasteiger partial charge >= 0.3 is 0 Å². The number of non-ortho nitro benzene ring substituents is 1. The first kappa shape index (κ1) is 19.8. The zero-order valence-corrected chi connectivity index (χ0v) is 15.2. The minimum Gasteiger partial charge on any atom is -0.495 e. The van der Waals surface area contributed by atoms with Crippen LogP contribution in [0.2, 0.25) is 5.02 Å². The third-order valence-corrected chi connectivity index (χ3v) is 3.96. The molecule has 0 spiro atoms. The number of nitro benzene ring substituents is 1. The Morgan fingerprint density at radius 1 is 1.33 bits per heavy atom. The van der Waals surface area contributed by atoms with Crippen LogP contribution in [-0.2, 0) is 4.79 Å². The van der Waals surface area contributed by atoms with E-state index < -0.39 is 10.8 Å². The minimum atomic E-state index is -0.663. The van der Waals surface area contributed by atoms with Crippen molar-refractivity contribution in [3.8, 4) is 11.8 Å². The Morgan fingerprint density at radius 3 is 2.56 bits per heavy atom. The van der Waals surface area contributed by atoms with Crippen molar-refractivity contribution in [1.82, 2.24) is 0 Å². The van der Waals surface area contributed by atoms with Crippen molar-refractivity contribution in [3.05, 3.63) is 68.9 Å². The summed E-state index contributed by atoms with van der Waals surface area (Å²) in [5, 5.41) is 25.8. The predicted molar refractivity (Wildman–Crippen MR) is 102 cm³/mol. The molecule has 0 aliphatic carbocycles. The fourth-order valence-electron chi connectivity index (χ4n) is 2.11. The zero-order chi connectivity index (χ0) is 20.0. The Morgan fingerprint density at radius 2 is 2.00 bits per heavy atom. The molecule has 2 aromatic carbocycles. The Labute approximate surface area is 160 Å². The summed E-state index contributed by atoms with van der Waals surface area (Å²) in [7, 11) is 1.47. The molecule has 138 valence electrons. The lowest BCUT2D eigenvalue weighted by molar-refractivity contribution is -0.384. The van der Waals surface area contributed by atoms with Gasteiger partial charge in [-0.2, -0.15) is 5.26 Å². The number of nitriles is 1. The van der Waals surface area contributed by atoms with Gasteiger partial charge in [0.05, 0.1) is 17.7 Å². The first-order valence-electron chi connectivity index (χ1n) is 7.62. The van der Waals surface area contributed by atoms with Gasteiger partial charge in [0.1, 0.15) is 17.4 Å². The van der Waals surface area contributed by atoms with Gasteiger partial charge in [0.15, 0.2) is 0 Å². The maximum atomic E-state index is 12.2. The fourth-order valence-corrected chi connectivity index (χ4v) is 2.26. The van der Waals surface area contributed by atoms with Crippen LogP contribution in [0.4, 0.5) is 17.1 Å². The van der Waals surface area contributed by atoms with E-state index in [1.807, 2.05) is 6.92 Å². The number of halogens is 1. The number of rotatable bonds is 6. The normalized spacial score (nSPS) is 10.7. The average Bonchev–Trinajstić information content (AvgIpc) is 2.65. The fraction of sp³-hybridized carbons (Fsp3) is 0.111. The van der Waals surface area contributed by atoms with Crippen LogP contribution >= 0.6 is 11.6 Å². The third kappa shape index (κ3) is 4.96. The molecule has 0 saturated heterocycles. The highest BCUT2D eigenvalue weighted by atomic mass is 35.5. The Balaban J connectivity index is 2.16. The van der Waals surface area contributed by atoms with E-state index in [4.69, 9.17) is 16.3 Å². The van der Waals surface area contributed by atoms with Crippen molar-refractivity contribution in [2.24, 2.45) is 0 Å². The molecule has 0 atom stereocenters. The lowest BCUT2D eigenvalue weighted by Gasteiger charge is -2.11. The number of methoxy groups -OCH3 is 1. The molecule has 9 heteroatoms. The molecule has 0 bridgehead atoms. The van der Waals surface area contributed by atoms with Gasteiger partial charge in [-0.3, -0.25) is 14.9 Å². The molecule has 0 heterocycles. The quantitative estimate of drug-likeness (QED) is 0.335. The van der Waals surface area contributed by atoms with E-state index in [0.29, 0.717) is 22.1 Å². The molecule has 0 aliphatic heterocycles. The van der Waals surface area contributed by atoms with Gasteiger partial charge in [-0.1, -0.05) is 11.6 Å². The van der Waals surface area contributed by atoms with Crippen LogP contribution in [0.25, 0.3) is 0 Å². The zero-order valence-electron chi connectivity index (χ0n) is 14.4. The third-order valence-electron chi connectivity index (χ3n) is 3.55. The van der Waals surface area contributed by atoms with Crippen molar-refractivity contribution in [2.75, 3.05) is 17.7 Å². The van der Waals surface area contributed by atoms with Crippen LogP contribution in [0, 0.1) is 28.4 Å². The van der Waals surface area contributed by atoms with Crippen LogP contribution < -0.4 is 15.4 Å². The number of amides is 1. The summed E-state index contributed by atoms with van der Waals surface area (Å²) in [6.07, 6.45) is 1.24. The summed E-state index contributed by atoms with van der Waals surface area (Å²) < 4.78 is 5.22. The van der Waals surface area contributed by atoms with Crippen LogP contribution in [-0.4, -0.2) is 17.9 Å². The Hall–Kier alpha value is -3.57. The molecule has 0 aromatic heterocycles. The van der Waals surface area contributed by atoms with Crippen molar-refractivity contribution < 1.29 is 14.5 Å². The minimum absolute atomic E-state index is 0.101. The molecule has 8 nitrogen and oxygen atoms in total. The number of carbonyl (C=O) groups is 1. The van der Waals surface area contributed by atoms with E-state index in [1.54, 1.807) is 18.2 Å². The number of nitrogens with zero attached hydrogens (tertiary/aromatic N) is 2. The van der Waals surface area contributed by atoms with E-state index >= 15 is 0 Å². The highest BCUT2D eigenvalue weighted by Gasteiger charge is 2.12. The summed E-state index contributed by atoms with van der Waals surface area (Å²) >= 11 is 6.04. The Bertz CT molecular complexity index is 949. The van der Waals surface area contributed by atoms with Gasteiger partial charge < -0.3 is 15.4 Å². The van der Waals surface area contributed by atoms with Crippen LogP contribution in [0.3, 0.4) is 0 Å². The first-order valence-corrected chi connectivity index (χ1v) is 8.00. The number of nitro groups is 1. The summed E-state index contributed by atoms with van der Waals surface area (Å²) in [5.74, 6) is -0.210. The second-order valence-corrected chi connectivity index (χ2v) is 5.78. The van der Waals surface area contributed by atoms with E-state index in [-0.39, 0.29) is 11.3 Å². The number of ether oxygens (including phenoxy) is 1. The van der Waals surface area contributed by atoms with Crippen molar-refractivity contribution in [3.63, 3.8) is 0 Å². The van der Waals surface area contributed by atoms with Gasteiger partial charge in [-0.05, 0) is 30.7 Å². The lowest BCUT2D eigenvalue weighted by Crippen LogP contribution is -2.14. The van der Waals surface area contributed by atoms with Crippen LogP contribution in [0.1, 0.15) is 5.56 Å². The molecule has 1 amide bonds. The van der Waals surface area contributed by atoms with Crippen LogP contribution in [0.5, 0.6) is 5.75 Å². The SMILES string of the molecule is COc1cc(Cl)c(C)cc1N/C=C(/C#N)C(=O)Nc1ccc([N+](=O)[O-])cc1. The monoisotopic (exact) mass is 386 g/mol. The van der Waals surface area contributed by atoms with Crippen molar-refractivity contribution >= 4 is 34.6 Å². The second kappa shape index (κ2) is 8.69. The molecule has 0 unspecified atom stereocenters. The maximum Gasteiger partial charge on any atom is 0.269 e. The summed E-state index contributed by atoms with van der Waals surface area (Å²) in [6, 6.07) is 10.4. The van der Waals surface area contributed by atoms with Crippen LogP contribution in [0.15, 0.2) is 48.2 Å². The molecule has 0 saturated carbocycles. The van der Waals surface area contributed by atoms with E-state index in [9.17, 15) is 20.2 Å². The first-order chi connectivity index (χ1) is 12.8. The average molecular weight is 387 g/mol. The van der Waals surface area contributed by atoms with Gasteiger partial charge in [-0.25, -0.2) is 0 Å². The smallest absolute Gasteiger partial charge is 0.269 e. The number of hydrogen-bond donors (Lipinski definition) is 2. The second-order valence-electron chi connectivity index (χ2n) is 5.37. The van der Waals surface area contributed by atoms with Gasteiger partial charge in [0.25, 0.3) is 11.6 Å². The molecular formula is C18H15ClN4O4. The largest absolute Gasteiger partial charge is 0.495 e. The number of hydrogen-bond acceptors (Lipinski definition) is 6. The van der Waals surface area contributed by atoms with E-state index in [0.717, 1.165) is 5.56 Å². The number of aryl methyl sites for hydroxylation is 1. The maximum absolute atomic E-state index is 12.2. The predicted octanol–water partition coefficient (Wildman–Crippen LogP) is 4.02. The summed E-state index contributed by atoms with van der Waals surface area (Å²) in [4.78, 5) is 22.3. The molecule has 2 N–H and O–H groups in total. The molecular weight excluding hydrogens is 372 g/mol. The topological polar surface area (TPSA) is 117 Å². The molecule has 27 heavy (non-hydrogen) atoms. The number of carbonyl (C=O) groups excluding carboxylic acids is 1. The highest BCUT2D eigenvalue weighted by molar-refractivity contribution is 6.31. The highest BCUT2D eigenvalue weighted by Crippen LogP contribution is 2.31. The van der Waals surface area contributed by atoms with Crippen molar-refractivity contribution in [1.29, 1.82) is 5.26 Å². The number of anilines is 2. The van der Waals surface area contributed by atoms with E-state index in [1.165, 1.54) is 37.6 Å².